The summed E-state index contributed by atoms with van der Waals surface area (Å²) in [6.07, 6.45) is 0.439. The van der Waals surface area contributed by atoms with E-state index in [-0.39, 0.29) is 11.7 Å². The first-order valence-corrected chi connectivity index (χ1v) is 7.10. The van der Waals surface area contributed by atoms with Crippen molar-refractivity contribution in [1.29, 1.82) is 0 Å². The molecule has 1 aromatic heterocycles. The minimum Gasteiger partial charge on any atom is -0.481 e. The van der Waals surface area contributed by atoms with Gasteiger partial charge in [-0.1, -0.05) is 17.3 Å². The molecular formula is C16H16N2O4. The number of anilines is 1. The highest BCUT2D eigenvalue weighted by Crippen LogP contribution is 2.31. The number of nitrogens with one attached hydrogen (secondary N) is 1. The Morgan fingerprint density at radius 1 is 1.41 bits per heavy atom. The summed E-state index contributed by atoms with van der Waals surface area (Å²) < 4.78 is 10.6. The number of ether oxygens (including phenoxy) is 1. The van der Waals surface area contributed by atoms with Crippen molar-refractivity contribution >= 4 is 17.5 Å². The van der Waals surface area contributed by atoms with Crippen molar-refractivity contribution in [3.05, 3.63) is 41.2 Å². The van der Waals surface area contributed by atoms with Crippen molar-refractivity contribution in [2.75, 3.05) is 5.32 Å². The lowest BCUT2D eigenvalue weighted by molar-refractivity contribution is -0.122. The van der Waals surface area contributed by atoms with Gasteiger partial charge in [0.2, 0.25) is 0 Å². The first-order valence-electron chi connectivity index (χ1n) is 7.10. The van der Waals surface area contributed by atoms with Gasteiger partial charge in [0.15, 0.2) is 17.7 Å². The number of carbonyl (C=O) groups is 2. The zero-order chi connectivity index (χ0) is 15.7. The van der Waals surface area contributed by atoms with Crippen LogP contribution in [0.2, 0.25) is 0 Å². The van der Waals surface area contributed by atoms with Crippen LogP contribution in [-0.4, -0.2) is 23.0 Å². The van der Waals surface area contributed by atoms with Crippen LogP contribution in [0, 0.1) is 6.92 Å². The molecular weight excluding hydrogens is 284 g/mol. The molecule has 6 nitrogen and oxygen atoms in total. The fourth-order valence-corrected chi connectivity index (χ4v) is 2.47. The number of hydrogen-bond donors (Lipinski definition) is 1. The van der Waals surface area contributed by atoms with E-state index in [1.807, 2.05) is 0 Å². The molecule has 1 N–H and O–H groups in total. The second-order valence-electron chi connectivity index (χ2n) is 5.28. The van der Waals surface area contributed by atoms with Crippen LogP contribution in [0.4, 0.5) is 5.82 Å². The number of nitrogens with zero attached hydrogens (tertiary/aromatic N) is 1. The standard InChI is InChI=1S/C16H16N2O4/c1-9-8-15(18-22-9)17-16(20)10(2)21-14-5-3-4-11-12(14)6-7-13(11)19/h3-5,8,10H,6-7H2,1-2H3,(H,17,18,20)/t10-/m1/s1. The van der Waals surface area contributed by atoms with E-state index in [1.54, 1.807) is 38.1 Å². The molecule has 1 atom stereocenters. The maximum absolute atomic E-state index is 12.1. The lowest BCUT2D eigenvalue weighted by atomic mass is 10.1. The Bertz CT molecular complexity index is 735. The van der Waals surface area contributed by atoms with Crippen LogP contribution in [0.5, 0.6) is 5.75 Å². The van der Waals surface area contributed by atoms with Crippen molar-refractivity contribution in [2.45, 2.75) is 32.8 Å². The lowest BCUT2D eigenvalue weighted by Gasteiger charge is -2.16. The number of ketones is 1. The molecule has 6 heteroatoms. The molecule has 0 fully saturated rings. The van der Waals surface area contributed by atoms with Crippen LogP contribution in [0.3, 0.4) is 0 Å². The summed E-state index contributed by atoms with van der Waals surface area (Å²) in [6, 6.07) is 6.97. The largest absolute Gasteiger partial charge is 0.481 e. The molecule has 3 rings (SSSR count). The first kappa shape index (κ1) is 14.3. The SMILES string of the molecule is Cc1cc(NC(=O)[C@@H](C)Oc2cccc3c2CCC3=O)no1. The van der Waals surface area contributed by atoms with Crippen molar-refractivity contribution < 1.29 is 18.8 Å². The summed E-state index contributed by atoms with van der Waals surface area (Å²) in [5.41, 5.74) is 1.57. The van der Waals surface area contributed by atoms with Gasteiger partial charge in [-0.25, -0.2) is 0 Å². The molecule has 0 radical (unpaired) electrons. The van der Waals surface area contributed by atoms with Gasteiger partial charge in [-0.2, -0.15) is 0 Å². The van der Waals surface area contributed by atoms with E-state index in [2.05, 4.69) is 10.5 Å². The van der Waals surface area contributed by atoms with E-state index < -0.39 is 6.10 Å². The average Bonchev–Trinajstić information content (AvgIpc) is 3.06. The lowest BCUT2D eigenvalue weighted by Crippen LogP contribution is -2.30. The van der Waals surface area contributed by atoms with E-state index in [9.17, 15) is 9.59 Å². The molecule has 0 bridgehead atoms. The molecule has 1 aliphatic carbocycles. The minimum absolute atomic E-state index is 0.121. The summed E-state index contributed by atoms with van der Waals surface area (Å²) in [6.45, 7) is 3.39. The number of Topliss-reactive ketones (excluding diaryl/α,β-unsaturated/α-hetero) is 1. The molecule has 22 heavy (non-hydrogen) atoms. The van der Waals surface area contributed by atoms with Gasteiger partial charge in [0.25, 0.3) is 5.91 Å². The van der Waals surface area contributed by atoms with E-state index in [0.717, 1.165) is 5.56 Å². The summed E-state index contributed by atoms with van der Waals surface area (Å²) in [5, 5.41) is 6.33. The summed E-state index contributed by atoms with van der Waals surface area (Å²) in [7, 11) is 0. The predicted molar refractivity (Wildman–Crippen MR) is 79.1 cm³/mol. The highest BCUT2D eigenvalue weighted by atomic mass is 16.5. The van der Waals surface area contributed by atoms with Crippen LogP contribution >= 0.6 is 0 Å². The van der Waals surface area contributed by atoms with E-state index in [0.29, 0.717) is 35.7 Å². The molecule has 1 aliphatic rings. The molecule has 1 heterocycles. The Balaban J connectivity index is 1.71. The highest BCUT2D eigenvalue weighted by Gasteiger charge is 2.25. The summed E-state index contributed by atoms with van der Waals surface area (Å²) in [4.78, 5) is 23.8. The number of hydrogen-bond acceptors (Lipinski definition) is 5. The Morgan fingerprint density at radius 3 is 2.95 bits per heavy atom. The summed E-state index contributed by atoms with van der Waals surface area (Å²) in [5.74, 6) is 1.35. The van der Waals surface area contributed by atoms with Crippen LogP contribution < -0.4 is 10.1 Å². The summed E-state index contributed by atoms with van der Waals surface area (Å²) >= 11 is 0. The first-order chi connectivity index (χ1) is 10.5. The molecule has 0 saturated heterocycles. The number of rotatable bonds is 4. The van der Waals surface area contributed by atoms with Crippen LogP contribution in [-0.2, 0) is 11.2 Å². The van der Waals surface area contributed by atoms with E-state index in [1.165, 1.54) is 0 Å². The zero-order valence-electron chi connectivity index (χ0n) is 12.4. The molecule has 1 amide bonds. The van der Waals surface area contributed by atoms with Crippen LogP contribution in [0.15, 0.2) is 28.8 Å². The second-order valence-corrected chi connectivity index (χ2v) is 5.28. The van der Waals surface area contributed by atoms with E-state index in [4.69, 9.17) is 9.26 Å². The topological polar surface area (TPSA) is 81.4 Å². The van der Waals surface area contributed by atoms with Crippen LogP contribution in [0.1, 0.15) is 35.0 Å². The number of fused-ring (bicyclic) bond motifs is 1. The zero-order valence-corrected chi connectivity index (χ0v) is 12.4. The van der Waals surface area contributed by atoms with Crippen molar-refractivity contribution in [2.24, 2.45) is 0 Å². The highest BCUT2D eigenvalue weighted by molar-refractivity contribution is 6.01. The predicted octanol–water partition coefficient (Wildman–Crippen LogP) is 2.52. The number of carbonyl (C=O) groups excluding carboxylic acids is 2. The normalized spacial score (nSPS) is 14.5. The number of aryl methyl sites for hydroxylation is 1. The molecule has 0 aliphatic heterocycles. The molecule has 0 unspecified atom stereocenters. The van der Waals surface area contributed by atoms with Gasteiger partial charge < -0.3 is 14.6 Å². The van der Waals surface area contributed by atoms with Gasteiger partial charge in [0, 0.05) is 23.6 Å². The number of aromatic nitrogens is 1. The third-order valence-electron chi connectivity index (χ3n) is 3.59. The maximum Gasteiger partial charge on any atom is 0.266 e. The molecule has 0 saturated carbocycles. The van der Waals surface area contributed by atoms with Crippen molar-refractivity contribution in [3.63, 3.8) is 0 Å². The Morgan fingerprint density at radius 2 is 2.23 bits per heavy atom. The quantitative estimate of drug-likeness (QED) is 0.938. The average molecular weight is 300 g/mol. The van der Waals surface area contributed by atoms with Gasteiger partial charge in [0.1, 0.15) is 11.5 Å². The van der Waals surface area contributed by atoms with Crippen molar-refractivity contribution in [3.8, 4) is 5.75 Å². The number of amides is 1. The smallest absolute Gasteiger partial charge is 0.266 e. The van der Waals surface area contributed by atoms with Gasteiger partial charge in [-0.3, -0.25) is 9.59 Å². The van der Waals surface area contributed by atoms with Gasteiger partial charge in [-0.15, -0.1) is 0 Å². The number of benzene rings is 1. The third kappa shape index (κ3) is 2.72. The fourth-order valence-electron chi connectivity index (χ4n) is 2.47. The second kappa shape index (κ2) is 5.63. The van der Waals surface area contributed by atoms with Crippen molar-refractivity contribution in [1.82, 2.24) is 5.16 Å². The van der Waals surface area contributed by atoms with Gasteiger partial charge in [0.05, 0.1) is 0 Å². The molecule has 0 spiro atoms. The Kier molecular flexibility index (Phi) is 3.66. The van der Waals surface area contributed by atoms with Gasteiger partial charge >= 0.3 is 0 Å². The molecule has 1 aromatic carbocycles. The fraction of sp³-hybridized carbons (Fsp3) is 0.312. The monoisotopic (exact) mass is 300 g/mol. The Hall–Kier alpha value is -2.63. The van der Waals surface area contributed by atoms with Crippen LogP contribution in [0.25, 0.3) is 0 Å². The minimum atomic E-state index is -0.709. The van der Waals surface area contributed by atoms with E-state index >= 15 is 0 Å². The Labute approximate surface area is 127 Å². The molecule has 2 aromatic rings. The van der Waals surface area contributed by atoms with Gasteiger partial charge in [-0.05, 0) is 26.3 Å². The maximum atomic E-state index is 12.1. The third-order valence-corrected chi connectivity index (χ3v) is 3.59. The molecule has 114 valence electrons.